The van der Waals surface area contributed by atoms with E-state index in [9.17, 15) is 9.90 Å². The van der Waals surface area contributed by atoms with Crippen molar-refractivity contribution in [3.05, 3.63) is 56.2 Å². The van der Waals surface area contributed by atoms with Crippen LogP contribution in [0.2, 0.25) is 4.34 Å². The molecule has 0 saturated carbocycles. The second kappa shape index (κ2) is 5.56. The van der Waals surface area contributed by atoms with Crippen LogP contribution in [0.4, 0.5) is 0 Å². The number of carbonyl (C=O) groups excluding carboxylic acids is 1. The third-order valence-electron chi connectivity index (χ3n) is 3.47. The lowest BCUT2D eigenvalue weighted by Gasteiger charge is -2.12. The molecule has 104 valence electrons. The van der Waals surface area contributed by atoms with E-state index in [-0.39, 0.29) is 5.91 Å². The Bertz CT molecular complexity index is 653. The fourth-order valence-electron chi connectivity index (χ4n) is 2.41. The van der Waals surface area contributed by atoms with Crippen molar-refractivity contribution in [3.8, 4) is 0 Å². The number of fused-ring (bicyclic) bond motifs is 1. The van der Waals surface area contributed by atoms with Crippen LogP contribution in [-0.2, 0) is 6.42 Å². The molecule has 1 aromatic heterocycles. The Morgan fingerprint density at radius 1 is 1.30 bits per heavy atom. The van der Waals surface area contributed by atoms with E-state index >= 15 is 0 Å². The van der Waals surface area contributed by atoms with Crippen LogP contribution in [-0.4, -0.2) is 17.6 Å². The summed E-state index contributed by atoms with van der Waals surface area (Å²) in [6, 6.07) is 9.18. The number of aliphatic hydroxyl groups is 1. The lowest BCUT2D eigenvalue weighted by Crippen LogP contribution is -2.22. The van der Waals surface area contributed by atoms with Crippen LogP contribution in [0, 0.1) is 0 Å². The molecule has 20 heavy (non-hydrogen) atoms. The van der Waals surface area contributed by atoms with E-state index in [1.165, 1.54) is 11.3 Å². The Labute approximate surface area is 126 Å². The quantitative estimate of drug-likeness (QED) is 0.895. The molecule has 2 heterocycles. The summed E-state index contributed by atoms with van der Waals surface area (Å²) in [5, 5.41) is 13.3. The van der Waals surface area contributed by atoms with Gasteiger partial charge in [0.05, 0.1) is 4.34 Å². The summed E-state index contributed by atoms with van der Waals surface area (Å²) in [7, 11) is 0. The number of thiophene rings is 1. The largest absolute Gasteiger partial charge is 0.383 e. The number of hydrogen-bond donors (Lipinski definition) is 2. The average molecular weight is 308 g/mol. The topological polar surface area (TPSA) is 49.3 Å². The third kappa shape index (κ3) is 2.59. The number of hydrogen-bond acceptors (Lipinski definition) is 3. The van der Waals surface area contributed by atoms with Crippen LogP contribution in [0.5, 0.6) is 0 Å². The molecule has 0 radical (unpaired) electrons. The van der Waals surface area contributed by atoms with E-state index in [4.69, 9.17) is 11.6 Å². The Morgan fingerprint density at radius 2 is 2.15 bits per heavy atom. The predicted molar refractivity (Wildman–Crippen MR) is 80.5 cm³/mol. The van der Waals surface area contributed by atoms with Gasteiger partial charge in [-0.2, -0.15) is 0 Å². The van der Waals surface area contributed by atoms with Crippen molar-refractivity contribution in [1.82, 2.24) is 5.32 Å². The fourth-order valence-corrected chi connectivity index (χ4v) is 3.48. The predicted octanol–water partition coefficient (Wildman–Crippen LogP) is 3.16. The fraction of sp³-hybridized carbons (Fsp3) is 0.267. The van der Waals surface area contributed by atoms with E-state index in [2.05, 4.69) is 5.32 Å². The first-order valence-corrected chi connectivity index (χ1v) is 7.69. The molecule has 2 aromatic rings. The summed E-state index contributed by atoms with van der Waals surface area (Å²) in [6.45, 7) is 0.700. The highest BCUT2D eigenvalue weighted by atomic mass is 35.5. The minimum Gasteiger partial charge on any atom is -0.383 e. The normalized spacial score (nSPS) is 16.2. The van der Waals surface area contributed by atoms with Gasteiger partial charge in [-0.05, 0) is 42.2 Å². The monoisotopic (exact) mass is 307 g/mol. The molecule has 1 atom stereocenters. The number of amides is 1. The highest BCUT2D eigenvalue weighted by molar-refractivity contribution is 7.16. The molecule has 0 bridgehead atoms. The minimum absolute atomic E-state index is 0.0595. The van der Waals surface area contributed by atoms with Crippen molar-refractivity contribution >= 4 is 28.8 Å². The molecule has 1 unspecified atom stereocenters. The van der Waals surface area contributed by atoms with E-state index in [0.717, 1.165) is 28.8 Å². The molecule has 0 aliphatic carbocycles. The molecular formula is C15H14ClNO2S. The lowest BCUT2D eigenvalue weighted by molar-refractivity contribution is 0.0956. The van der Waals surface area contributed by atoms with Gasteiger partial charge in [0.15, 0.2) is 0 Å². The summed E-state index contributed by atoms with van der Waals surface area (Å²) in [5.41, 5.74) is 2.43. The second-order valence-electron chi connectivity index (χ2n) is 4.82. The first kappa shape index (κ1) is 13.6. The van der Waals surface area contributed by atoms with Gasteiger partial charge in [0.25, 0.3) is 5.91 Å². The van der Waals surface area contributed by atoms with Gasteiger partial charge < -0.3 is 10.4 Å². The Balaban J connectivity index is 1.97. The van der Waals surface area contributed by atoms with Crippen LogP contribution in [0.3, 0.4) is 0 Å². The Kier molecular flexibility index (Phi) is 3.78. The van der Waals surface area contributed by atoms with Crippen molar-refractivity contribution in [1.29, 1.82) is 0 Å². The lowest BCUT2D eigenvalue weighted by atomic mass is 9.98. The maximum absolute atomic E-state index is 12.0. The van der Waals surface area contributed by atoms with Gasteiger partial charge in [-0.3, -0.25) is 4.79 Å². The van der Waals surface area contributed by atoms with Crippen LogP contribution in [0.15, 0.2) is 30.3 Å². The summed E-state index contributed by atoms with van der Waals surface area (Å²) in [6.07, 6.45) is 1.09. The van der Waals surface area contributed by atoms with Gasteiger partial charge in [0, 0.05) is 17.0 Å². The molecule has 3 nitrogen and oxygen atoms in total. The van der Waals surface area contributed by atoms with Crippen molar-refractivity contribution < 1.29 is 9.90 Å². The van der Waals surface area contributed by atoms with E-state index in [1.807, 2.05) is 18.2 Å². The highest BCUT2D eigenvalue weighted by Crippen LogP contribution is 2.32. The molecule has 1 aromatic carbocycles. The number of aliphatic hydroxyl groups excluding tert-OH is 1. The van der Waals surface area contributed by atoms with E-state index in [1.54, 1.807) is 12.1 Å². The molecule has 0 fully saturated rings. The van der Waals surface area contributed by atoms with Crippen molar-refractivity contribution in [2.75, 3.05) is 6.54 Å². The summed E-state index contributed by atoms with van der Waals surface area (Å²) >= 11 is 7.24. The number of aryl methyl sites for hydroxylation is 1. The van der Waals surface area contributed by atoms with Crippen molar-refractivity contribution in [2.45, 2.75) is 18.9 Å². The maximum Gasteiger partial charge on any atom is 0.251 e. The molecule has 1 aliphatic rings. The number of benzene rings is 1. The zero-order valence-electron chi connectivity index (χ0n) is 10.7. The smallest absolute Gasteiger partial charge is 0.251 e. The van der Waals surface area contributed by atoms with Crippen LogP contribution >= 0.6 is 22.9 Å². The Morgan fingerprint density at radius 3 is 2.90 bits per heavy atom. The van der Waals surface area contributed by atoms with Crippen LogP contribution < -0.4 is 5.32 Å². The van der Waals surface area contributed by atoms with Crippen LogP contribution in [0.1, 0.15) is 38.9 Å². The van der Waals surface area contributed by atoms with Crippen LogP contribution in [0.25, 0.3) is 0 Å². The summed E-state index contributed by atoms with van der Waals surface area (Å²) in [4.78, 5) is 12.8. The first-order valence-electron chi connectivity index (χ1n) is 6.49. The molecule has 2 N–H and O–H groups in total. The molecule has 0 spiro atoms. The molecule has 1 aliphatic heterocycles. The number of rotatable bonds is 2. The maximum atomic E-state index is 12.0. The molecule has 1 amide bonds. The Hall–Kier alpha value is -1.36. The first-order chi connectivity index (χ1) is 9.65. The minimum atomic E-state index is -0.742. The average Bonchev–Trinajstić information content (AvgIpc) is 2.80. The number of halogens is 1. The summed E-state index contributed by atoms with van der Waals surface area (Å²) in [5.74, 6) is -0.0595. The SMILES string of the molecule is O=C1NCCCc2ccc(C(O)c3ccc(Cl)s3)cc21. The molecule has 0 saturated heterocycles. The molecule has 3 rings (SSSR count). The zero-order chi connectivity index (χ0) is 14.1. The standard InChI is InChI=1S/C15H14ClNO2S/c16-13-6-5-12(20-13)14(18)10-4-3-9-2-1-7-17-15(19)11(9)8-10/h3-6,8,14,18H,1-2,7H2,(H,17,19). The van der Waals surface area contributed by atoms with Gasteiger partial charge in [-0.1, -0.05) is 23.7 Å². The zero-order valence-corrected chi connectivity index (χ0v) is 12.3. The van der Waals surface area contributed by atoms with E-state index < -0.39 is 6.10 Å². The van der Waals surface area contributed by atoms with Gasteiger partial charge in [0.2, 0.25) is 0 Å². The highest BCUT2D eigenvalue weighted by Gasteiger charge is 2.19. The van der Waals surface area contributed by atoms with E-state index in [0.29, 0.717) is 16.4 Å². The van der Waals surface area contributed by atoms with Gasteiger partial charge in [-0.25, -0.2) is 0 Å². The summed E-state index contributed by atoms with van der Waals surface area (Å²) < 4.78 is 0.645. The van der Waals surface area contributed by atoms with Gasteiger partial charge in [0.1, 0.15) is 6.10 Å². The molecular weight excluding hydrogens is 294 g/mol. The van der Waals surface area contributed by atoms with Gasteiger partial charge in [-0.15, -0.1) is 11.3 Å². The molecule has 5 heteroatoms. The third-order valence-corrected chi connectivity index (χ3v) is 4.75. The number of nitrogens with one attached hydrogen (secondary N) is 1. The van der Waals surface area contributed by atoms with Crippen molar-refractivity contribution in [2.24, 2.45) is 0 Å². The van der Waals surface area contributed by atoms with Gasteiger partial charge >= 0.3 is 0 Å². The second-order valence-corrected chi connectivity index (χ2v) is 6.57. The van der Waals surface area contributed by atoms with Crippen molar-refractivity contribution in [3.63, 3.8) is 0 Å². The number of carbonyl (C=O) groups is 1.